The lowest BCUT2D eigenvalue weighted by Crippen LogP contribution is -2.40. The Kier molecular flexibility index (Phi) is 0.821. The highest BCUT2D eigenvalue weighted by Crippen LogP contribution is 2.40. The summed E-state index contributed by atoms with van der Waals surface area (Å²) >= 11 is 0. The third-order valence-electron chi connectivity index (χ3n) is 2.28. The lowest BCUT2D eigenvalue weighted by molar-refractivity contribution is -0.00807. The van der Waals surface area contributed by atoms with E-state index in [0.717, 1.165) is 24.3 Å². The number of allylic oxidation sites excluding steroid dienone is 2. The lowest BCUT2D eigenvalue weighted by Gasteiger charge is -2.41. The van der Waals surface area contributed by atoms with Crippen molar-refractivity contribution in [1.82, 2.24) is 0 Å². The molecule has 0 unspecified atom stereocenters. The van der Waals surface area contributed by atoms with Gasteiger partial charge in [-0.15, -0.1) is 0 Å². The first-order chi connectivity index (χ1) is 4.27. The number of rotatable bonds is 0. The van der Waals surface area contributed by atoms with Crippen LogP contribution in [0.3, 0.4) is 0 Å². The molecular weight excluding hydrogens is 114 g/mol. The molecule has 0 aromatic rings. The van der Waals surface area contributed by atoms with Crippen molar-refractivity contribution in [3.05, 3.63) is 11.5 Å². The second-order valence-electron chi connectivity index (χ2n) is 2.92. The molecule has 0 radical (unpaired) electrons. The maximum absolute atomic E-state index is 5.71. The molecule has 2 aliphatic heterocycles. The van der Waals surface area contributed by atoms with E-state index in [1.807, 2.05) is 6.92 Å². The van der Waals surface area contributed by atoms with Crippen LogP contribution in [-0.4, -0.2) is 6.10 Å². The van der Waals surface area contributed by atoms with Crippen LogP contribution in [0.2, 0.25) is 0 Å². The van der Waals surface area contributed by atoms with Crippen molar-refractivity contribution in [1.29, 1.82) is 0 Å². The zero-order valence-corrected chi connectivity index (χ0v) is 5.55. The van der Waals surface area contributed by atoms with E-state index in [1.54, 1.807) is 0 Å². The van der Waals surface area contributed by atoms with Crippen LogP contribution >= 0.6 is 0 Å². The van der Waals surface area contributed by atoms with E-state index in [-0.39, 0.29) is 0 Å². The Labute approximate surface area is 54.7 Å². The number of fused-ring (bicyclic) bond motifs is 1. The quantitative estimate of drug-likeness (QED) is 0.524. The van der Waals surface area contributed by atoms with Gasteiger partial charge in [0.2, 0.25) is 0 Å². The molecule has 0 atom stereocenters. The Balaban J connectivity index is 2.28. The molecule has 2 heteroatoms. The van der Waals surface area contributed by atoms with E-state index in [0.29, 0.717) is 12.0 Å². The second-order valence-corrected chi connectivity index (χ2v) is 2.92. The zero-order chi connectivity index (χ0) is 6.43. The van der Waals surface area contributed by atoms with Gasteiger partial charge in [0.25, 0.3) is 0 Å². The van der Waals surface area contributed by atoms with Crippen LogP contribution in [0.4, 0.5) is 0 Å². The summed E-state index contributed by atoms with van der Waals surface area (Å²) in [5.74, 6) is 1.62. The minimum atomic E-state index is 0.502. The van der Waals surface area contributed by atoms with Gasteiger partial charge in [0.1, 0.15) is 5.76 Å². The van der Waals surface area contributed by atoms with Crippen LogP contribution < -0.4 is 5.73 Å². The zero-order valence-electron chi connectivity index (χ0n) is 5.55. The van der Waals surface area contributed by atoms with Gasteiger partial charge >= 0.3 is 0 Å². The molecule has 3 rings (SSSR count). The minimum Gasteiger partial charge on any atom is -0.493 e. The van der Waals surface area contributed by atoms with Crippen molar-refractivity contribution < 1.29 is 4.74 Å². The summed E-state index contributed by atoms with van der Waals surface area (Å²) in [6.07, 6.45) is 2.81. The summed E-state index contributed by atoms with van der Waals surface area (Å²) in [5, 5.41) is 0. The monoisotopic (exact) mass is 125 g/mol. The second kappa shape index (κ2) is 1.43. The van der Waals surface area contributed by atoms with Crippen LogP contribution in [0.1, 0.15) is 19.8 Å². The first kappa shape index (κ1) is 5.15. The van der Waals surface area contributed by atoms with Gasteiger partial charge < -0.3 is 10.5 Å². The number of hydrogen-bond donors (Lipinski definition) is 1. The normalized spacial score (nSPS) is 39.7. The molecule has 1 aliphatic carbocycles. The van der Waals surface area contributed by atoms with Gasteiger partial charge in [-0.1, -0.05) is 0 Å². The van der Waals surface area contributed by atoms with Gasteiger partial charge in [-0.3, -0.25) is 0 Å². The predicted octanol–water partition coefficient (Wildman–Crippen LogP) is 0.985. The van der Waals surface area contributed by atoms with E-state index in [9.17, 15) is 0 Å². The van der Waals surface area contributed by atoms with E-state index in [4.69, 9.17) is 10.5 Å². The average molecular weight is 125 g/mol. The predicted molar refractivity (Wildman–Crippen MR) is 34.5 cm³/mol. The molecule has 2 heterocycles. The summed E-state index contributed by atoms with van der Waals surface area (Å²) in [6, 6.07) is 0. The first-order valence-corrected chi connectivity index (χ1v) is 3.40. The number of ether oxygens (including phenoxy) is 1. The molecule has 50 valence electrons. The molecule has 0 saturated heterocycles. The molecule has 1 saturated carbocycles. The molecule has 0 spiro atoms. The van der Waals surface area contributed by atoms with Crippen molar-refractivity contribution in [2.24, 2.45) is 11.7 Å². The van der Waals surface area contributed by atoms with Crippen LogP contribution in [-0.2, 0) is 4.74 Å². The summed E-state index contributed by atoms with van der Waals surface area (Å²) in [4.78, 5) is 0. The Morgan fingerprint density at radius 1 is 1.56 bits per heavy atom. The fraction of sp³-hybridized carbons (Fsp3) is 0.714. The van der Waals surface area contributed by atoms with E-state index in [2.05, 4.69) is 0 Å². The van der Waals surface area contributed by atoms with Crippen LogP contribution in [0.25, 0.3) is 0 Å². The SMILES string of the molecule is CC1=C(N)C2CC(C2)O1. The smallest absolute Gasteiger partial charge is 0.112 e. The highest BCUT2D eigenvalue weighted by Gasteiger charge is 2.38. The van der Waals surface area contributed by atoms with Crippen molar-refractivity contribution in [2.75, 3.05) is 0 Å². The van der Waals surface area contributed by atoms with Crippen LogP contribution in [0.5, 0.6) is 0 Å². The van der Waals surface area contributed by atoms with Crippen LogP contribution in [0, 0.1) is 5.92 Å². The van der Waals surface area contributed by atoms with Crippen molar-refractivity contribution in [3.63, 3.8) is 0 Å². The Hall–Kier alpha value is -0.660. The minimum absolute atomic E-state index is 0.502. The van der Waals surface area contributed by atoms with Gasteiger partial charge in [-0.25, -0.2) is 0 Å². The molecule has 0 aromatic carbocycles. The fourth-order valence-electron chi connectivity index (χ4n) is 1.52. The third-order valence-corrected chi connectivity index (χ3v) is 2.28. The summed E-state index contributed by atoms with van der Waals surface area (Å²) < 4.78 is 5.42. The molecule has 0 aromatic heterocycles. The third kappa shape index (κ3) is 0.560. The van der Waals surface area contributed by atoms with Gasteiger partial charge in [-0.2, -0.15) is 0 Å². The largest absolute Gasteiger partial charge is 0.493 e. The van der Waals surface area contributed by atoms with E-state index < -0.39 is 0 Å². The standard InChI is InChI=1S/C7H11NO/c1-4-7(8)5-2-6(3-5)9-4/h5-6H,2-3,8H2,1H3. The maximum Gasteiger partial charge on any atom is 0.112 e. The van der Waals surface area contributed by atoms with Gasteiger partial charge in [0, 0.05) is 11.6 Å². The highest BCUT2D eigenvalue weighted by atomic mass is 16.5. The molecule has 0 amide bonds. The Morgan fingerprint density at radius 3 is 2.56 bits per heavy atom. The number of nitrogens with two attached hydrogens (primary N) is 1. The van der Waals surface area contributed by atoms with Gasteiger partial charge in [0.15, 0.2) is 0 Å². The fourth-order valence-corrected chi connectivity index (χ4v) is 1.52. The van der Waals surface area contributed by atoms with Crippen molar-refractivity contribution >= 4 is 0 Å². The van der Waals surface area contributed by atoms with Crippen molar-refractivity contribution in [3.8, 4) is 0 Å². The molecule has 9 heavy (non-hydrogen) atoms. The molecule has 2 bridgehead atoms. The molecular formula is C7H11NO. The van der Waals surface area contributed by atoms with E-state index >= 15 is 0 Å². The van der Waals surface area contributed by atoms with E-state index in [1.165, 1.54) is 0 Å². The van der Waals surface area contributed by atoms with Crippen LogP contribution in [0.15, 0.2) is 11.5 Å². The summed E-state index contributed by atoms with van der Waals surface area (Å²) in [5.41, 5.74) is 6.70. The number of hydrogen-bond acceptors (Lipinski definition) is 2. The van der Waals surface area contributed by atoms with Gasteiger partial charge in [0.05, 0.1) is 6.10 Å². The topological polar surface area (TPSA) is 35.2 Å². The van der Waals surface area contributed by atoms with Crippen molar-refractivity contribution in [2.45, 2.75) is 25.9 Å². The molecule has 2 nitrogen and oxygen atoms in total. The average Bonchev–Trinajstić information content (AvgIpc) is 1.72. The summed E-state index contributed by atoms with van der Waals surface area (Å²) in [6.45, 7) is 1.95. The molecule has 3 aliphatic rings. The molecule has 1 fully saturated rings. The summed E-state index contributed by atoms with van der Waals surface area (Å²) in [7, 11) is 0. The maximum atomic E-state index is 5.71. The highest BCUT2D eigenvalue weighted by molar-refractivity contribution is 5.16. The van der Waals surface area contributed by atoms with Gasteiger partial charge in [-0.05, 0) is 19.8 Å². The lowest BCUT2D eigenvalue weighted by atomic mass is 9.78. The Bertz CT molecular complexity index is 168. The first-order valence-electron chi connectivity index (χ1n) is 3.40. The molecule has 2 N–H and O–H groups in total. The Morgan fingerprint density at radius 2 is 2.22 bits per heavy atom.